The molecular weight excluding hydrogens is 367 g/mol. The fourth-order valence-electron chi connectivity index (χ4n) is 3.51. The fourth-order valence-corrected chi connectivity index (χ4v) is 4.75. The van der Waals surface area contributed by atoms with E-state index in [2.05, 4.69) is 40.3 Å². The maximum atomic E-state index is 13.0. The van der Waals surface area contributed by atoms with Gasteiger partial charge in [0.25, 0.3) is 0 Å². The van der Waals surface area contributed by atoms with Crippen LogP contribution in [0.1, 0.15) is 18.4 Å². The minimum Gasteiger partial charge on any atom is -0.360 e. The van der Waals surface area contributed by atoms with Gasteiger partial charge in [0.15, 0.2) is 0 Å². The number of piperidine rings is 1. The minimum absolute atomic E-state index is 0. The lowest BCUT2D eigenvalue weighted by molar-refractivity contribution is 0.235. The topological polar surface area (TPSA) is 19.0 Å². The van der Waals surface area contributed by atoms with Crippen LogP contribution in [0.3, 0.4) is 0 Å². The number of para-hydroxylation sites is 1. The molecule has 4 rings (SSSR count). The van der Waals surface area contributed by atoms with Crippen LogP contribution in [0.5, 0.6) is 0 Å². The summed E-state index contributed by atoms with van der Waals surface area (Å²) in [6.45, 7) is 3.37. The molecule has 0 unspecified atom stereocenters. The number of nitrogens with one attached hydrogen (secondary N) is 1. The molecule has 1 saturated heterocycles. The highest BCUT2D eigenvalue weighted by Crippen LogP contribution is 2.35. The van der Waals surface area contributed by atoms with Crippen LogP contribution in [-0.2, 0) is 6.42 Å². The van der Waals surface area contributed by atoms with Gasteiger partial charge >= 0.3 is 0 Å². The van der Waals surface area contributed by atoms with Crippen molar-refractivity contribution >= 4 is 35.1 Å². The van der Waals surface area contributed by atoms with E-state index in [-0.39, 0.29) is 18.2 Å². The van der Waals surface area contributed by atoms with Gasteiger partial charge in [0.1, 0.15) is 5.82 Å². The Kier molecular flexibility index (Phi) is 6.63. The number of benzene rings is 2. The number of likely N-dealkylation sites (tertiary alicyclic amines) is 1. The van der Waals surface area contributed by atoms with Crippen LogP contribution in [0.15, 0.2) is 59.6 Å². The van der Waals surface area contributed by atoms with Gasteiger partial charge in [-0.15, -0.1) is 24.2 Å². The van der Waals surface area contributed by atoms with E-state index in [0.29, 0.717) is 5.25 Å². The van der Waals surface area contributed by atoms with Crippen molar-refractivity contribution in [3.8, 4) is 0 Å². The average Bonchev–Trinajstić information content (AvgIpc) is 3.06. The summed E-state index contributed by atoms with van der Waals surface area (Å²) >= 11 is 2.02. The van der Waals surface area contributed by atoms with E-state index in [4.69, 9.17) is 0 Å². The van der Waals surface area contributed by atoms with Gasteiger partial charge in [-0.2, -0.15) is 0 Å². The van der Waals surface area contributed by atoms with Crippen molar-refractivity contribution in [1.82, 2.24) is 9.88 Å². The van der Waals surface area contributed by atoms with E-state index >= 15 is 0 Å². The molecule has 2 aromatic carbocycles. The molecule has 0 saturated carbocycles. The summed E-state index contributed by atoms with van der Waals surface area (Å²) < 4.78 is 13.0. The first-order chi connectivity index (χ1) is 12.3. The van der Waals surface area contributed by atoms with Crippen LogP contribution in [0.25, 0.3) is 10.9 Å². The van der Waals surface area contributed by atoms with Crippen molar-refractivity contribution in [3.05, 3.63) is 66.1 Å². The molecule has 26 heavy (non-hydrogen) atoms. The lowest BCUT2D eigenvalue weighted by Gasteiger charge is -2.31. The minimum atomic E-state index is -0.154. The standard InChI is InChI=1S/C21H23FN2S.ClH/c22-17-7-5-16(6-8-17)9-12-24-13-10-18(11-14-24)25-21-15-23-20-4-2-1-3-19(20)21;/h1-8,15,18,23H,9-14H2;1H. The van der Waals surface area contributed by atoms with Crippen molar-refractivity contribution in [3.63, 3.8) is 0 Å². The first kappa shape index (κ1) is 19.3. The van der Waals surface area contributed by atoms with Gasteiger partial charge in [0.2, 0.25) is 0 Å². The maximum absolute atomic E-state index is 13.0. The predicted molar refractivity (Wildman–Crippen MR) is 111 cm³/mol. The van der Waals surface area contributed by atoms with E-state index in [1.165, 1.54) is 34.2 Å². The molecule has 0 aliphatic carbocycles. The Balaban J connectivity index is 0.00000196. The number of hydrogen-bond donors (Lipinski definition) is 1. The molecule has 3 aromatic rings. The Labute approximate surface area is 164 Å². The Morgan fingerprint density at radius 2 is 1.77 bits per heavy atom. The quantitative estimate of drug-likeness (QED) is 0.617. The number of aromatic amines is 1. The van der Waals surface area contributed by atoms with Crippen LogP contribution in [0.4, 0.5) is 4.39 Å². The molecule has 1 aromatic heterocycles. The van der Waals surface area contributed by atoms with Crippen molar-refractivity contribution in [2.75, 3.05) is 19.6 Å². The molecule has 138 valence electrons. The molecule has 1 aliphatic rings. The van der Waals surface area contributed by atoms with Crippen molar-refractivity contribution in [2.45, 2.75) is 29.4 Å². The van der Waals surface area contributed by atoms with E-state index in [1.54, 1.807) is 12.1 Å². The SMILES string of the molecule is Cl.Fc1ccc(CCN2CCC(Sc3c[nH]c4ccccc34)CC2)cc1. The Bertz CT molecular complexity index is 825. The highest BCUT2D eigenvalue weighted by Gasteiger charge is 2.20. The molecule has 0 radical (unpaired) electrons. The summed E-state index contributed by atoms with van der Waals surface area (Å²) in [4.78, 5) is 7.28. The molecule has 0 bridgehead atoms. The summed E-state index contributed by atoms with van der Waals surface area (Å²) in [5, 5.41) is 2.03. The molecule has 5 heteroatoms. The van der Waals surface area contributed by atoms with E-state index in [0.717, 1.165) is 26.1 Å². The van der Waals surface area contributed by atoms with E-state index in [9.17, 15) is 4.39 Å². The lowest BCUT2D eigenvalue weighted by atomic mass is 10.1. The molecule has 2 heterocycles. The maximum Gasteiger partial charge on any atom is 0.123 e. The molecule has 0 amide bonds. The zero-order valence-electron chi connectivity index (χ0n) is 14.7. The highest BCUT2D eigenvalue weighted by molar-refractivity contribution is 8.00. The summed E-state index contributed by atoms with van der Waals surface area (Å²) in [6, 6.07) is 15.4. The van der Waals surface area contributed by atoms with Gasteiger partial charge in [0, 0.05) is 33.8 Å². The molecule has 2 nitrogen and oxygen atoms in total. The Hall–Kier alpha value is -1.49. The van der Waals surface area contributed by atoms with Gasteiger partial charge in [-0.05, 0) is 56.1 Å². The summed E-state index contributed by atoms with van der Waals surface area (Å²) in [5.41, 5.74) is 2.44. The summed E-state index contributed by atoms with van der Waals surface area (Å²) in [7, 11) is 0. The number of rotatable bonds is 5. The second-order valence-corrected chi connectivity index (χ2v) is 8.08. The summed E-state index contributed by atoms with van der Waals surface area (Å²) in [6.07, 6.45) is 5.61. The van der Waals surface area contributed by atoms with Gasteiger partial charge in [-0.25, -0.2) is 4.39 Å². The number of fused-ring (bicyclic) bond motifs is 1. The van der Waals surface area contributed by atoms with Crippen LogP contribution in [0.2, 0.25) is 0 Å². The van der Waals surface area contributed by atoms with Gasteiger partial charge < -0.3 is 9.88 Å². The number of hydrogen-bond acceptors (Lipinski definition) is 2. The zero-order valence-corrected chi connectivity index (χ0v) is 16.3. The molecule has 1 fully saturated rings. The van der Waals surface area contributed by atoms with Crippen LogP contribution >= 0.6 is 24.2 Å². The first-order valence-corrected chi connectivity index (χ1v) is 9.85. The molecule has 1 N–H and O–H groups in total. The fraction of sp³-hybridized carbons (Fsp3) is 0.333. The third-order valence-corrected chi connectivity index (χ3v) is 6.41. The molecular formula is C21H24ClFN2S. The monoisotopic (exact) mass is 390 g/mol. The number of H-pyrrole nitrogens is 1. The molecule has 0 atom stereocenters. The van der Waals surface area contributed by atoms with Crippen molar-refractivity contribution in [1.29, 1.82) is 0 Å². The van der Waals surface area contributed by atoms with Gasteiger partial charge in [-0.3, -0.25) is 0 Å². The second-order valence-electron chi connectivity index (χ2n) is 6.73. The third kappa shape index (κ3) is 4.61. The normalized spacial score (nSPS) is 15.9. The van der Waals surface area contributed by atoms with Gasteiger partial charge in [0.05, 0.1) is 0 Å². The van der Waals surface area contributed by atoms with Crippen molar-refractivity contribution in [2.24, 2.45) is 0 Å². The average molecular weight is 391 g/mol. The largest absolute Gasteiger partial charge is 0.360 e. The van der Waals surface area contributed by atoms with Crippen LogP contribution < -0.4 is 0 Å². The highest BCUT2D eigenvalue weighted by atomic mass is 35.5. The Morgan fingerprint density at radius 3 is 2.54 bits per heavy atom. The summed E-state index contributed by atoms with van der Waals surface area (Å²) in [5.74, 6) is -0.154. The number of aromatic nitrogens is 1. The number of nitrogens with zero attached hydrogens (tertiary/aromatic N) is 1. The van der Waals surface area contributed by atoms with Crippen LogP contribution in [-0.4, -0.2) is 34.8 Å². The smallest absolute Gasteiger partial charge is 0.123 e. The lowest BCUT2D eigenvalue weighted by Crippen LogP contribution is -2.36. The first-order valence-electron chi connectivity index (χ1n) is 8.97. The molecule has 0 spiro atoms. The van der Waals surface area contributed by atoms with E-state index < -0.39 is 0 Å². The van der Waals surface area contributed by atoms with Gasteiger partial charge in [-0.1, -0.05) is 30.3 Å². The van der Waals surface area contributed by atoms with Crippen LogP contribution in [0, 0.1) is 5.82 Å². The number of halogens is 2. The molecule has 1 aliphatic heterocycles. The Morgan fingerprint density at radius 1 is 1.04 bits per heavy atom. The predicted octanol–water partition coefficient (Wildman–Crippen LogP) is 5.53. The second kappa shape index (κ2) is 8.94. The zero-order chi connectivity index (χ0) is 17.1. The third-order valence-electron chi connectivity index (χ3n) is 5.01. The van der Waals surface area contributed by atoms with E-state index in [1.807, 2.05) is 23.9 Å². The van der Waals surface area contributed by atoms with Crippen molar-refractivity contribution < 1.29 is 4.39 Å². The number of thioether (sulfide) groups is 1.